The molecule has 6 heteroatoms. The molecule has 0 spiro atoms. The Kier molecular flexibility index (Phi) is 5.98. The van der Waals surface area contributed by atoms with Gasteiger partial charge in [-0.25, -0.2) is 0 Å². The van der Waals surface area contributed by atoms with E-state index in [1.54, 1.807) is 24.7 Å². The van der Waals surface area contributed by atoms with Crippen LogP contribution in [-0.2, 0) is 12.8 Å². The van der Waals surface area contributed by atoms with Crippen LogP contribution in [0.15, 0.2) is 64.6 Å². The predicted molar refractivity (Wildman–Crippen MR) is 102 cm³/mol. The maximum atomic E-state index is 6.13. The van der Waals surface area contributed by atoms with E-state index in [1.165, 1.54) is 0 Å². The Morgan fingerprint density at radius 2 is 1.92 bits per heavy atom. The average Bonchev–Trinajstić information content (AvgIpc) is 2.66. The second kappa shape index (κ2) is 8.80. The van der Waals surface area contributed by atoms with Gasteiger partial charge in [-0.2, -0.15) is 0 Å². The van der Waals surface area contributed by atoms with E-state index in [4.69, 9.17) is 15.9 Å². The van der Waals surface area contributed by atoms with Gasteiger partial charge in [-0.15, -0.1) is 0 Å². The van der Waals surface area contributed by atoms with E-state index in [0.717, 1.165) is 41.8 Å². The molecule has 0 saturated heterocycles. The standard InChI is InChI=1S/C20H23N5O/c21-17-6-4-10-24-19(17)7-1-2-9-25-20-12-18(22)16(14-26-20)11-15-5-3-8-23-13-15/h3-6,8,10,12-14H,1-2,7,9,11,21-22H2. The fourth-order valence-corrected chi connectivity index (χ4v) is 2.66. The lowest BCUT2D eigenvalue weighted by atomic mass is 10.1. The molecule has 0 amide bonds. The van der Waals surface area contributed by atoms with Gasteiger partial charge in [0.15, 0.2) is 0 Å². The summed E-state index contributed by atoms with van der Waals surface area (Å²) in [4.78, 5) is 12.9. The van der Waals surface area contributed by atoms with Gasteiger partial charge in [0.2, 0.25) is 5.55 Å². The van der Waals surface area contributed by atoms with Gasteiger partial charge in [0.05, 0.1) is 17.6 Å². The van der Waals surface area contributed by atoms with Crippen LogP contribution in [0.3, 0.4) is 0 Å². The summed E-state index contributed by atoms with van der Waals surface area (Å²) >= 11 is 0. The number of unbranched alkanes of at least 4 members (excludes halogenated alkanes) is 1. The molecule has 6 nitrogen and oxygen atoms in total. The first-order chi connectivity index (χ1) is 12.7. The summed E-state index contributed by atoms with van der Waals surface area (Å²) in [6.45, 7) is 0.678. The van der Waals surface area contributed by atoms with E-state index in [0.29, 0.717) is 24.2 Å². The zero-order valence-electron chi connectivity index (χ0n) is 14.6. The molecule has 0 saturated carbocycles. The Hall–Kier alpha value is -3.15. The highest BCUT2D eigenvalue weighted by Gasteiger charge is 2.03. The Balaban J connectivity index is 1.53. The predicted octanol–water partition coefficient (Wildman–Crippen LogP) is 2.75. The van der Waals surface area contributed by atoms with Gasteiger partial charge in [0.25, 0.3) is 0 Å². The quantitative estimate of drug-likeness (QED) is 0.638. The zero-order chi connectivity index (χ0) is 18.2. The van der Waals surface area contributed by atoms with E-state index >= 15 is 0 Å². The summed E-state index contributed by atoms with van der Waals surface area (Å²) in [6.07, 6.45) is 10.5. The lowest BCUT2D eigenvalue weighted by molar-refractivity contribution is 0.482. The third-order valence-electron chi connectivity index (χ3n) is 4.10. The fourth-order valence-electron chi connectivity index (χ4n) is 2.66. The van der Waals surface area contributed by atoms with Gasteiger partial charge < -0.3 is 15.9 Å². The van der Waals surface area contributed by atoms with Crippen LogP contribution in [0.25, 0.3) is 0 Å². The number of hydrogen-bond donors (Lipinski definition) is 2. The van der Waals surface area contributed by atoms with Crippen LogP contribution in [0.2, 0.25) is 0 Å². The SMILES string of the molecule is Nc1cc(=NCCCCc2ncccc2N)occ1Cc1cccnc1. The Morgan fingerprint density at radius 3 is 2.69 bits per heavy atom. The third kappa shape index (κ3) is 4.92. The van der Waals surface area contributed by atoms with Gasteiger partial charge in [-0.3, -0.25) is 15.0 Å². The molecule has 0 aliphatic heterocycles. The molecule has 26 heavy (non-hydrogen) atoms. The van der Waals surface area contributed by atoms with Crippen LogP contribution >= 0.6 is 0 Å². The summed E-state index contributed by atoms with van der Waals surface area (Å²) in [6, 6.07) is 9.42. The second-order valence-electron chi connectivity index (χ2n) is 6.12. The van der Waals surface area contributed by atoms with Crippen molar-refractivity contribution < 1.29 is 4.42 Å². The largest absolute Gasteiger partial charge is 0.447 e. The van der Waals surface area contributed by atoms with Crippen molar-refractivity contribution in [2.45, 2.75) is 25.7 Å². The van der Waals surface area contributed by atoms with Crippen LogP contribution in [0.1, 0.15) is 29.7 Å². The Labute approximate surface area is 152 Å². The van der Waals surface area contributed by atoms with Crippen molar-refractivity contribution in [2.75, 3.05) is 18.0 Å². The Bertz CT molecular complexity index is 905. The maximum absolute atomic E-state index is 6.13. The molecule has 3 rings (SSSR count). The fraction of sp³-hybridized carbons (Fsp3) is 0.250. The van der Waals surface area contributed by atoms with Crippen molar-refractivity contribution in [2.24, 2.45) is 4.99 Å². The topological polar surface area (TPSA) is 103 Å². The molecule has 0 aliphatic rings. The molecule has 0 fully saturated rings. The summed E-state index contributed by atoms with van der Waals surface area (Å²) < 4.78 is 5.60. The third-order valence-corrected chi connectivity index (χ3v) is 4.10. The number of nitrogens with zero attached hydrogens (tertiary/aromatic N) is 3. The van der Waals surface area contributed by atoms with Crippen molar-refractivity contribution in [3.8, 4) is 0 Å². The molecule has 0 aromatic carbocycles. The van der Waals surface area contributed by atoms with E-state index in [-0.39, 0.29) is 0 Å². The molecule has 0 bridgehead atoms. The second-order valence-corrected chi connectivity index (χ2v) is 6.12. The number of hydrogen-bond acceptors (Lipinski definition) is 6. The van der Waals surface area contributed by atoms with Crippen LogP contribution in [-0.4, -0.2) is 16.5 Å². The van der Waals surface area contributed by atoms with Crippen molar-refractivity contribution >= 4 is 11.4 Å². The van der Waals surface area contributed by atoms with Crippen molar-refractivity contribution in [1.29, 1.82) is 0 Å². The van der Waals surface area contributed by atoms with E-state index in [1.807, 2.05) is 30.5 Å². The first-order valence-electron chi connectivity index (χ1n) is 8.68. The molecular weight excluding hydrogens is 326 g/mol. The van der Waals surface area contributed by atoms with E-state index in [9.17, 15) is 0 Å². The molecule has 0 unspecified atom stereocenters. The molecule has 0 atom stereocenters. The lowest BCUT2D eigenvalue weighted by Gasteiger charge is -2.04. The molecule has 4 N–H and O–H groups in total. The van der Waals surface area contributed by atoms with E-state index in [2.05, 4.69) is 15.0 Å². The van der Waals surface area contributed by atoms with Crippen molar-refractivity contribution in [3.05, 3.63) is 77.6 Å². The van der Waals surface area contributed by atoms with Crippen LogP contribution in [0.4, 0.5) is 11.4 Å². The first-order valence-corrected chi connectivity index (χ1v) is 8.68. The van der Waals surface area contributed by atoms with Gasteiger partial charge in [-0.1, -0.05) is 6.07 Å². The summed E-state index contributed by atoms with van der Waals surface area (Å²) in [5, 5.41) is 0. The normalized spacial score (nSPS) is 11.6. The van der Waals surface area contributed by atoms with Gasteiger partial charge >= 0.3 is 0 Å². The number of pyridine rings is 2. The maximum Gasteiger partial charge on any atom is 0.215 e. The first kappa shape index (κ1) is 17.7. The van der Waals surface area contributed by atoms with E-state index < -0.39 is 0 Å². The minimum atomic E-state index is 0.551. The van der Waals surface area contributed by atoms with Crippen molar-refractivity contribution in [1.82, 2.24) is 9.97 Å². The zero-order valence-corrected chi connectivity index (χ0v) is 14.6. The highest BCUT2D eigenvalue weighted by Crippen LogP contribution is 2.14. The summed E-state index contributed by atoms with van der Waals surface area (Å²) in [7, 11) is 0. The lowest BCUT2D eigenvalue weighted by Crippen LogP contribution is -2.07. The minimum Gasteiger partial charge on any atom is -0.447 e. The van der Waals surface area contributed by atoms with Crippen LogP contribution < -0.4 is 17.0 Å². The molecule has 0 aliphatic carbocycles. The highest BCUT2D eigenvalue weighted by atomic mass is 16.3. The number of aromatic nitrogens is 2. The van der Waals surface area contributed by atoms with Crippen LogP contribution in [0, 0.1) is 0 Å². The number of nitrogens with two attached hydrogens (primary N) is 2. The number of rotatable bonds is 7. The number of aryl methyl sites for hydroxylation is 1. The summed E-state index contributed by atoms with van der Waals surface area (Å²) in [5.74, 6) is 0. The molecule has 134 valence electrons. The molecule has 3 aromatic heterocycles. The minimum absolute atomic E-state index is 0.551. The van der Waals surface area contributed by atoms with Gasteiger partial charge in [-0.05, 0) is 43.0 Å². The molecule has 3 heterocycles. The average molecular weight is 349 g/mol. The molecule has 0 radical (unpaired) electrons. The van der Waals surface area contributed by atoms with Gasteiger partial charge in [0, 0.05) is 48.9 Å². The molecular formula is C20H23N5O. The van der Waals surface area contributed by atoms with Crippen molar-refractivity contribution in [3.63, 3.8) is 0 Å². The monoisotopic (exact) mass is 349 g/mol. The molecule has 3 aromatic rings. The highest BCUT2D eigenvalue weighted by molar-refractivity contribution is 5.45. The smallest absolute Gasteiger partial charge is 0.215 e. The van der Waals surface area contributed by atoms with Gasteiger partial charge in [0.1, 0.15) is 0 Å². The number of anilines is 2. The number of nitrogen functional groups attached to an aromatic ring is 2. The van der Waals surface area contributed by atoms with Crippen LogP contribution in [0.5, 0.6) is 0 Å². The Morgan fingerprint density at radius 1 is 1.04 bits per heavy atom. The summed E-state index contributed by atoms with van der Waals surface area (Å²) in [5.41, 5.74) is 17.0.